The molecule has 0 unspecified atom stereocenters. The molecule has 2 rings (SSSR count). The third kappa shape index (κ3) is 3.07. The van der Waals surface area contributed by atoms with Gasteiger partial charge in [-0.1, -0.05) is 11.6 Å². The molecule has 1 heterocycles. The van der Waals surface area contributed by atoms with Crippen molar-refractivity contribution in [2.75, 3.05) is 10.5 Å². The highest BCUT2D eigenvalue weighted by molar-refractivity contribution is 7.92. The van der Waals surface area contributed by atoms with Crippen LogP contribution in [0.5, 0.6) is 0 Å². The van der Waals surface area contributed by atoms with Gasteiger partial charge in [0.05, 0.1) is 22.7 Å². The summed E-state index contributed by atoms with van der Waals surface area (Å²) in [6, 6.07) is 1.55. The molecule has 1 aromatic rings. The molecule has 0 saturated heterocycles. The topological polar surface area (TPSA) is 59.1 Å². The van der Waals surface area contributed by atoms with Crippen LogP contribution in [0.3, 0.4) is 0 Å². The van der Waals surface area contributed by atoms with Crippen LogP contribution in [0.15, 0.2) is 18.5 Å². The Kier molecular flexibility index (Phi) is 2.84. The average molecular weight is 247 g/mol. The molecule has 0 radical (unpaired) electrons. The van der Waals surface area contributed by atoms with Gasteiger partial charge in [-0.3, -0.25) is 9.71 Å². The molecule has 15 heavy (non-hydrogen) atoms. The van der Waals surface area contributed by atoms with E-state index in [0.717, 1.165) is 12.8 Å². The van der Waals surface area contributed by atoms with Gasteiger partial charge in [-0.2, -0.15) is 0 Å². The Morgan fingerprint density at radius 1 is 1.53 bits per heavy atom. The molecule has 6 heteroatoms. The maximum atomic E-state index is 11.6. The minimum absolute atomic E-state index is 0.179. The lowest BCUT2D eigenvalue weighted by molar-refractivity contribution is 0.597. The van der Waals surface area contributed by atoms with E-state index in [1.54, 1.807) is 6.07 Å². The lowest BCUT2D eigenvalue weighted by atomic mass is 10.4. The third-order valence-electron chi connectivity index (χ3n) is 2.19. The lowest BCUT2D eigenvalue weighted by Crippen LogP contribution is -2.18. The van der Waals surface area contributed by atoms with E-state index in [0.29, 0.717) is 16.6 Å². The van der Waals surface area contributed by atoms with Crippen molar-refractivity contribution in [3.05, 3.63) is 23.5 Å². The molecule has 0 spiro atoms. The van der Waals surface area contributed by atoms with Crippen LogP contribution in [0.2, 0.25) is 5.02 Å². The van der Waals surface area contributed by atoms with Gasteiger partial charge < -0.3 is 0 Å². The van der Waals surface area contributed by atoms with Crippen molar-refractivity contribution in [1.29, 1.82) is 0 Å². The fourth-order valence-corrected chi connectivity index (χ4v) is 3.00. The van der Waals surface area contributed by atoms with Crippen molar-refractivity contribution >= 4 is 27.3 Å². The molecule has 82 valence electrons. The number of hydrogen-bond donors (Lipinski definition) is 1. The normalized spacial score (nSPS) is 16.3. The Morgan fingerprint density at radius 2 is 2.27 bits per heavy atom. The van der Waals surface area contributed by atoms with E-state index in [2.05, 4.69) is 9.71 Å². The first-order valence-corrected chi connectivity index (χ1v) is 6.70. The van der Waals surface area contributed by atoms with Gasteiger partial charge in [0.25, 0.3) is 0 Å². The second-order valence-corrected chi connectivity index (χ2v) is 5.86. The second kappa shape index (κ2) is 3.98. The van der Waals surface area contributed by atoms with Crippen LogP contribution >= 0.6 is 11.6 Å². The largest absolute Gasteiger partial charge is 0.280 e. The highest BCUT2D eigenvalue weighted by Gasteiger charge is 2.28. The molecule has 1 N–H and O–H groups in total. The second-order valence-electron chi connectivity index (χ2n) is 3.68. The number of pyridine rings is 1. The summed E-state index contributed by atoms with van der Waals surface area (Å²) >= 11 is 5.82. The van der Waals surface area contributed by atoms with E-state index < -0.39 is 10.0 Å². The number of halogens is 1. The van der Waals surface area contributed by atoms with Gasteiger partial charge in [-0.25, -0.2) is 8.42 Å². The van der Waals surface area contributed by atoms with Crippen molar-refractivity contribution in [3.8, 4) is 0 Å². The van der Waals surface area contributed by atoms with E-state index in [1.165, 1.54) is 12.4 Å². The fourth-order valence-electron chi connectivity index (χ4n) is 1.26. The molecule has 0 aliphatic heterocycles. The summed E-state index contributed by atoms with van der Waals surface area (Å²) < 4.78 is 25.6. The fraction of sp³-hybridized carbons (Fsp3) is 0.444. The monoisotopic (exact) mass is 246 g/mol. The van der Waals surface area contributed by atoms with Crippen molar-refractivity contribution < 1.29 is 8.42 Å². The number of aromatic nitrogens is 1. The Morgan fingerprint density at radius 3 is 2.87 bits per heavy atom. The number of nitrogens with one attached hydrogen (secondary N) is 1. The predicted octanol–water partition coefficient (Wildman–Crippen LogP) is 1.89. The maximum absolute atomic E-state index is 11.6. The van der Waals surface area contributed by atoms with Crippen LogP contribution in [-0.2, 0) is 10.0 Å². The van der Waals surface area contributed by atoms with Crippen LogP contribution in [0.4, 0.5) is 5.69 Å². The zero-order valence-electron chi connectivity index (χ0n) is 7.98. The Balaban J connectivity index is 2.10. The number of nitrogens with zero attached hydrogens (tertiary/aromatic N) is 1. The molecule has 1 aromatic heterocycles. The molecule has 1 fully saturated rings. The standard InChI is InChI=1S/C9H11ClN2O2S/c10-8-3-4-11-5-9(8)12-15(13,14)6-7-1-2-7/h3-5,7,12H,1-2,6H2. The summed E-state index contributed by atoms with van der Waals surface area (Å²) in [6.07, 6.45) is 4.93. The summed E-state index contributed by atoms with van der Waals surface area (Å²) in [5.74, 6) is 0.496. The van der Waals surface area contributed by atoms with Crippen LogP contribution in [0, 0.1) is 5.92 Å². The van der Waals surface area contributed by atoms with Crippen LogP contribution < -0.4 is 4.72 Å². The van der Waals surface area contributed by atoms with Crippen LogP contribution in [0.25, 0.3) is 0 Å². The average Bonchev–Trinajstić information content (AvgIpc) is 2.91. The number of anilines is 1. The number of hydrogen-bond acceptors (Lipinski definition) is 3. The molecule has 1 saturated carbocycles. The smallest absolute Gasteiger partial charge is 0.233 e. The first-order valence-electron chi connectivity index (χ1n) is 4.67. The van der Waals surface area contributed by atoms with Gasteiger partial charge in [-0.05, 0) is 24.8 Å². The van der Waals surface area contributed by atoms with Gasteiger partial charge in [0.2, 0.25) is 10.0 Å². The third-order valence-corrected chi connectivity index (χ3v) is 3.96. The summed E-state index contributed by atoms with van der Waals surface area (Å²) in [4.78, 5) is 3.81. The molecule has 0 bridgehead atoms. The summed E-state index contributed by atoms with van der Waals surface area (Å²) in [5.41, 5.74) is 0.347. The Bertz CT molecular complexity index is 457. The molecule has 0 amide bonds. The van der Waals surface area contributed by atoms with E-state index in [-0.39, 0.29) is 5.75 Å². The Hall–Kier alpha value is -0.810. The minimum atomic E-state index is -3.27. The van der Waals surface area contributed by atoms with Crippen LogP contribution in [0.1, 0.15) is 12.8 Å². The zero-order valence-corrected chi connectivity index (χ0v) is 9.55. The van der Waals surface area contributed by atoms with Gasteiger partial charge in [0.1, 0.15) is 0 Å². The molecular weight excluding hydrogens is 236 g/mol. The Labute approximate surface area is 93.7 Å². The van der Waals surface area contributed by atoms with Crippen LogP contribution in [-0.4, -0.2) is 19.2 Å². The van der Waals surface area contributed by atoms with Gasteiger partial charge in [-0.15, -0.1) is 0 Å². The van der Waals surface area contributed by atoms with Crippen molar-refractivity contribution in [2.45, 2.75) is 12.8 Å². The SMILES string of the molecule is O=S(=O)(CC1CC1)Nc1cnccc1Cl. The molecule has 0 aromatic carbocycles. The lowest BCUT2D eigenvalue weighted by Gasteiger charge is -2.07. The maximum Gasteiger partial charge on any atom is 0.233 e. The van der Waals surface area contributed by atoms with Gasteiger partial charge in [0, 0.05) is 6.20 Å². The number of sulfonamides is 1. The van der Waals surface area contributed by atoms with Gasteiger partial charge >= 0.3 is 0 Å². The van der Waals surface area contributed by atoms with E-state index in [9.17, 15) is 8.42 Å². The first-order chi connectivity index (χ1) is 7.07. The van der Waals surface area contributed by atoms with E-state index in [1.807, 2.05) is 0 Å². The summed E-state index contributed by atoms with van der Waals surface area (Å²) in [7, 11) is -3.27. The summed E-state index contributed by atoms with van der Waals surface area (Å²) in [6.45, 7) is 0. The molecule has 1 aliphatic rings. The number of rotatable bonds is 4. The summed E-state index contributed by atoms with van der Waals surface area (Å²) in [5, 5.41) is 0.365. The molecular formula is C9H11ClN2O2S. The van der Waals surface area contributed by atoms with E-state index in [4.69, 9.17) is 11.6 Å². The quantitative estimate of drug-likeness (QED) is 0.883. The van der Waals surface area contributed by atoms with Crippen molar-refractivity contribution in [1.82, 2.24) is 4.98 Å². The van der Waals surface area contributed by atoms with Crippen molar-refractivity contribution in [3.63, 3.8) is 0 Å². The zero-order chi connectivity index (χ0) is 10.9. The predicted molar refractivity (Wildman–Crippen MR) is 59.4 cm³/mol. The highest BCUT2D eigenvalue weighted by atomic mass is 35.5. The van der Waals surface area contributed by atoms with Gasteiger partial charge in [0.15, 0.2) is 0 Å². The molecule has 4 nitrogen and oxygen atoms in total. The minimum Gasteiger partial charge on any atom is -0.280 e. The van der Waals surface area contributed by atoms with E-state index >= 15 is 0 Å². The van der Waals surface area contributed by atoms with Crippen molar-refractivity contribution in [2.24, 2.45) is 5.92 Å². The molecule has 1 aliphatic carbocycles. The highest BCUT2D eigenvalue weighted by Crippen LogP contribution is 2.31. The first kappa shape index (κ1) is 10.7. The molecule has 0 atom stereocenters.